The van der Waals surface area contributed by atoms with Crippen molar-refractivity contribution in [3.05, 3.63) is 67.6 Å². The first-order valence-electron chi connectivity index (χ1n) is 11.5. The van der Waals surface area contributed by atoms with E-state index < -0.39 is 16.1 Å². The number of carbonyl (C=O) groups excluding carboxylic acids is 3. The van der Waals surface area contributed by atoms with Gasteiger partial charge in [-0.15, -0.1) is 0 Å². The number of nitro benzene ring substituents is 1. The smallest absolute Gasteiger partial charge is 0.294 e. The molecule has 0 atom stereocenters. The van der Waals surface area contributed by atoms with Crippen LogP contribution in [-0.2, 0) is 16.2 Å². The fraction of sp³-hybridized carbons (Fsp3) is 0.320. The van der Waals surface area contributed by atoms with Crippen LogP contribution in [0.1, 0.15) is 30.4 Å². The molecule has 2 fully saturated rings. The minimum absolute atomic E-state index is 0.0149. The number of thioether (sulfide) groups is 1. The molecule has 4 rings (SSSR count). The second-order valence-electron chi connectivity index (χ2n) is 8.46. The summed E-state index contributed by atoms with van der Waals surface area (Å²) in [7, 11) is 1.43. The van der Waals surface area contributed by atoms with Gasteiger partial charge in [0, 0.05) is 25.2 Å². The summed E-state index contributed by atoms with van der Waals surface area (Å²) >= 11 is 7.19. The van der Waals surface area contributed by atoms with Crippen LogP contribution < -0.4 is 9.47 Å². The van der Waals surface area contributed by atoms with Gasteiger partial charge in [0.25, 0.3) is 16.8 Å². The molecule has 37 heavy (non-hydrogen) atoms. The highest BCUT2D eigenvalue weighted by Crippen LogP contribution is 2.39. The van der Waals surface area contributed by atoms with E-state index in [9.17, 15) is 24.5 Å². The van der Waals surface area contributed by atoms with Crippen molar-refractivity contribution in [2.75, 3.05) is 26.7 Å². The first kappa shape index (κ1) is 26.5. The fourth-order valence-corrected chi connectivity index (χ4v) is 5.16. The predicted molar refractivity (Wildman–Crippen MR) is 139 cm³/mol. The third kappa shape index (κ3) is 6.23. The lowest BCUT2D eigenvalue weighted by atomic mass is 10.1. The zero-order valence-electron chi connectivity index (χ0n) is 20.0. The maximum Gasteiger partial charge on any atom is 0.294 e. The van der Waals surface area contributed by atoms with Gasteiger partial charge in [-0.1, -0.05) is 23.7 Å². The molecule has 2 aliphatic rings. The molecule has 12 heteroatoms. The Morgan fingerprint density at radius 3 is 2.65 bits per heavy atom. The molecule has 0 N–H and O–H groups in total. The topological polar surface area (TPSA) is 119 Å². The van der Waals surface area contributed by atoms with E-state index in [-0.39, 0.29) is 46.2 Å². The lowest BCUT2D eigenvalue weighted by Crippen LogP contribution is -2.44. The number of piperidine rings is 1. The van der Waals surface area contributed by atoms with Crippen LogP contribution >= 0.6 is 23.4 Å². The second-order valence-corrected chi connectivity index (χ2v) is 9.86. The molecule has 0 radical (unpaired) electrons. The average Bonchev–Trinajstić information content (AvgIpc) is 3.15. The number of benzene rings is 2. The molecule has 3 amide bonds. The van der Waals surface area contributed by atoms with Gasteiger partial charge in [-0.25, -0.2) is 0 Å². The number of imide groups is 1. The molecule has 10 nitrogen and oxygen atoms in total. The van der Waals surface area contributed by atoms with Crippen LogP contribution in [0.2, 0.25) is 5.02 Å². The Morgan fingerprint density at radius 1 is 1.19 bits per heavy atom. The Labute approximate surface area is 222 Å². The maximum atomic E-state index is 12.9. The number of hydrogen-bond acceptors (Lipinski definition) is 8. The third-order valence-electron chi connectivity index (χ3n) is 5.93. The zero-order chi connectivity index (χ0) is 26.5. The Bertz CT molecular complexity index is 1280. The number of likely N-dealkylation sites (tertiary alicyclic amines) is 1. The van der Waals surface area contributed by atoms with Crippen LogP contribution in [0.5, 0.6) is 11.5 Å². The highest BCUT2D eigenvalue weighted by molar-refractivity contribution is 8.18. The predicted octanol–water partition coefficient (Wildman–Crippen LogP) is 4.88. The minimum atomic E-state index is -0.540. The second kappa shape index (κ2) is 11.7. The molecule has 0 bridgehead atoms. The van der Waals surface area contributed by atoms with Crippen LogP contribution in [0.3, 0.4) is 0 Å². The molecular formula is C25H24ClN3O7S. The normalized spacial score (nSPS) is 16.9. The van der Waals surface area contributed by atoms with Gasteiger partial charge in [0.2, 0.25) is 5.91 Å². The standard InChI is InChI=1S/C25H24ClN3O7S/c1-35-20-12-17(11-19(26)23(20)36-15-16-6-5-7-18(10-16)29(33)34)13-21-24(31)28(25(32)37-21)14-22(30)27-8-3-2-4-9-27/h5-7,10-13H,2-4,8-9,14-15H2,1H3/b21-13-. The summed E-state index contributed by atoms with van der Waals surface area (Å²) in [5.74, 6) is -0.267. The van der Waals surface area contributed by atoms with Gasteiger partial charge in [-0.3, -0.25) is 29.4 Å². The molecule has 0 unspecified atom stereocenters. The lowest BCUT2D eigenvalue weighted by molar-refractivity contribution is -0.384. The van der Waals surface area contributed by atoms with Crippen LogP contribution in [0, 0.1) is 10.1 Å². The molecule has 2 aromatic rings. The van der Waals surface area contributed by atoms with Gasteiger partial charge in [0.05, 0.1) is 22.0 Å². The van der Waals surface area contributed by atoms with E-state index in [1.165, 1.54) is 25.3 Å². The number of amides is 3. The molecule has 2 aromatic carbocycles. The van der Waals surface area contributed by atoms with E-state index in [0.29, 0.717) is 24.2 Å². The van der Waals surface area contributed by atoms with E-state index >= 15 is 0 Å². The summed E-state index contributed by atoms with van der Waals surface area (Å²) in [5, 5.41) is 10.7. The largest absolute Gasteiger partial charge is 0.493 e. The van der Waals surface area contributed by atoms with E-state index in [4.69, 9.17) is 21.1 Å². The Morgan fingerprint density at radius 2 is 1.95 bits per heavy atom. The van der Waals surface area contributed by atoms with Gasteiger partial charge in [0.15, 0.2) is 11.5 Å². The molecule has 2 heterocycles. The summed E-state index contributed by atoms with van der Waals surface area (Å²) in [6.07, 6.45) is 4.41. The minimum Gasteiger partial charge on any atom is -0.493 e. The number of non-ortho nitro benzene ring substituents is 1. The number of carbonyl (C=O) groups is 3. The van der Waals surface area contributed by atoms with Crippen LogP contribution in [0.15, 0.2) is 41.3 Å². The summed E-state index contributed by atoms with van der Waals surface area (Å²) in [5.41, 5.74) is 1.02. The fourth-order valence-electron chi connectivity index (χ4n) is 4.04. The summed E-state index contributed by atoms with van der Waals surface area (Å²) in [6, 6.07) is 9.19. The molecular weight excluding hydrogens is 522 g/mol. The molecule has 0 saturated carbocycles. The van der Waals surface area contributed by atoms with Gasteiger partial charge in [-0.05, 0) is 60.4 Å². The van der Waals surface area contributed by atoms with Crippen molar-refractivity contribution in [2.45, 2.75) is 25.9 Å². The van der Waals surface area contributed by atoms with Crippen LogP contribution in [0.25, 0.3) is 6.08 Å². The number of ether oxygens (including phenoxy) is 2. The van der Waals surface area contributed by atoms with Crippen molar-refractivity contribution in [1.82, 2.24) is 9.80 Å². The molecule has 2 aliphatic heterocycles. The molecule has 2 saturated heterocycles. The van der Waals surface area contributed by atoms with Crippen LogP contribution in [0.4, 0.5) is 10.5 Å². The monoisotopic (exact) mass is 545 g/mol. The average molecular weight is 546 g/mol. The van der Waals surface area contributed by atoms with Gasteiger partial charge in [-0.2, -0.15) is 0 Å². The number of halogens is 1. The maximum absolute atomic E-state index is 12.9. The van der Waals surface area contributed by atoms with Crippen LogP contribution in [-0.4, -0.2) is 58.5 Å². The number of methoxy groups -OCH3 is 1. The SMILES string of the molecule is COc1cc(/C=C2\SC(=O)N(CC(=O)N3CCCCC3)C2=O)cc(Cl)c1OCc1cccc([N+](=O)[O-])c1. The molecule has 0 spiro atoms. The van der Waals surface area contributed by atoms with Gasteiger partial charge in [0.1, 0.15) is 13.2 Å². The Kier molecular flexibility index (Phi) is 8.34. The quantitative estimate of drug-likeness (QED) is 0.261. The molecule has 0 aromatic heterocycles. The van der Waals surface area contributed by atoms with E-state index in [0.717, 1.165) is 35.9 Å². The summed E-state index contributed by atoms with van der Waals surface area (Å²) in [4.78, 5) is 51.3. The summed E-state index contributed by atoms with van der Waals surface area (Å²) in [6.45, 7) is 1.01. The zero-order valence-corrected chi connectivity index (χ0v) is 21.5. The highest BCUT2D eigenvalue weighted by atomic mass is 35.5. The first-order valence-corrected chi connectivity index (χ1v) is 12.7. The summed E-state index contributed by atoms with van der Waals surface area (Å²) < 4.78 is 11.2. The van der Waals surface area contributed by atoms with Crippen molar-refractivity contribution in [1.29, 1.82) is 0 Å². The van der Waals surface area contributed by atoms with Crippen molar-refractivity contribution in [3.8, 4) is 11.5 Å². The van der Waals surface area contributed by atoms with E-state index in [1.807, 2.05) is 0 Å². The number of hydrogen-bond donors (Lipinski definition) is 0. The van der Waals surface area contributed by atoms with E-state index in [1.54, 1.807) is 29.2 Å². The third-order valence-corrected chi connectivity index (χ3v) is 7.12. The molecule has 194 valence electrons. The van der Waals surface area contributed by atoms with Crippen molar-refractivity contribution >= 4 is 52.2 Å². The van der Waals surface area contributed by atoms with Crippen molar-refractivity contribution in [3.63, 3.8) is 0 Å². The van der Waals surface area contributed by atoms with E-state index in [2.05, 4.69) is 0 Å². The lowest BCUT2D eigenvalue weighted by Gasteiger charge is -2.27. The number of nitrogens with zero attached hydrogens (tertiary/aromatic N) is 3. The van der Waals surface area contributed by atoms with Crippen molar-refractivity contribution in [2.24, 2.45) is 0 Å². The van der Waals surface area contributed by atoms with Gasteiger partial charge < -0.3 is 14.4 Å². The van der Waals surface area contributed by atoms with Crippen molar-refractivity contribution < 1.29 is 28.8 Å². The number of nitro groups is 1. The van der Waals surface area contributed by atoms with Gasteiger partial charge >= 0.3 is 0 Å². The first-order chi connectivity index (χ1) is 17.8. The number of rotatable bonds is 8. The highest BCUT2D eigenvalue weighted by Gasteiger charge is 2.37. The Balaban J connectivity index is 1.48. The Hall–Kier alpha value is -3.57. The molecule has 0 aliphatic carbocycles.